The second kappa shape index (κ2) is 3.80. The number of para-hydroxylation sites is 1. The molecule has 1 aromatic heterocycles. The third-order valence-electron chi connectivity index (χ3n) is 6.05. The van der Waals surface area contributed by atoms with Crippen molar-refractivity contribution in [2.75, 3.05) is 0 Å². The Kier molecular flexibility index (Phi) is 2.22. The Morgan fingerprint density at radius 1 is 1.20 bits per heavy atom. The van der Waals surface area contributed by atoms with Crippen LogP contribution in [0.15, 0.2) is 28.7 Å². The molecule has 3 saturated carbocycles. The van der Waals surface area contributed by atoms with Crippen molar-refractivity contribution in [1.82, 2.24) is 0 Å². The first-order valence-corrected chi connectivity index (χ1v) is 8.05. The summed E-state index contributed by atoms with van der Waals surface area (Å²) in [6.45, 7) is 0. The highest BCUT2D eigenvalue weighted by molar-refractivity contribution is 6.34. The zero-order valence-corrected chi connectivity index (χ0v) is 12.0. The molecular weight excluding hydrogens is 270 g/mol. The second-order valence-corrected chi connectivity index (χ2v) is 7.31. The van der Waals surface area contributed by atoms with Crippen LogP contribution in [0.5, 0.6) is 0 Å². The van der Waals surface area contributed by atoms with Crippen LogP contribution >= 0.6 is 11.6 Å². The molecule has 0 amide bonds. The molecule has 0 spiro atoms. The number of hydrogen-bond donors (Lipinski definition) is 1. The van der Waals surface area contributed by atoms with Gasteiger partial charge in [-0.3, -0.25) is 0 Å². The Hall–Kier alpha value is -0.990. The van der Waals surface area contributed by atoms with E-state index in [-0.39, 0.29) is 6.04 Å². The van der Waals surface area contributed by atoms with Crippen molar-refractivity contribution in [2.45, 2.75) is 25.3 Å². The molecule has 2 bridgehead atoms. The lowest BCUT2D eigenvalue weighted by Gasteiger charge is -2.13. The molecule has 2 aromatic rings. The van der Waals surface area contributed by atoms with Gasteiger partial charge in [0, 0.05) is 5.39 Å². The summed E-state index contributed by atoms with van der Waals surface area (Å²) < 4.78 is 5.96. The van der Waals surface area contributed by atoms with Crippen LogP contribution in [-0.2, 0) is 0 Å². The van der Waals surface area contributed by atoms with Crippen molar-refractivity contribution in [3.8, 4) is 0 Å². The number of benzene rings is 1. The van der Waals surface area contributed by atoms with E-state index in [0.717, 1.165) is 40.4 Å². The lowest BCUT2D eigenvalue weighted by molar-refractivity contribution is 0.379. The minimum absolute atomic E-state index is 0.0527. The van der Waals surface area contributed by atoms with Gasteiger partial charge >= 0.3 is 0 Å². The monoisotopic (exact) mass is 287 g/mol. The van der Waals surface area contributed by atoms with Crippen molar-refractivity contribution >= 4 is 22.6 Å². The molecule has 1 aromatic carbocycles. The van der Waals surface area contributed by atoms with Gasteiger partial charge in [-0.2, -0.15) is 0 Å². The van der Waals surface area contributed by atoms with Gasteiger partial charge < -0.3 is 10.2 Å². The summed E-state index contributed by atoms with van der Waals surface area (Å²) in [5, 5.41) is 1.74. The van der Waals surface area contributed by atoms with Gasteiger partial charge in [-0.05, 0) is 61.0 Å². The summed E-state index contributed by atoms with van der Waals surface area (Å²) in [7, 11) is 0. The van der Waals surface area contributed by atoms with Gasteiger partial charge in [-0.25, -0.2) is 0 Å². The van der Waals surface area contributed by atoms with Crippen LogP contribution in [0.3, 0.4) is 0 Å². The third-order valence-corrected chi connectivity index (χ3v) is 6.35. The maximum absolute atomic E-state index is 6.52. The number of furan rings is 1. The van der Waals surface area contributed by atoms with Gasteiger partial charge in [-0.1, -0.05) is 23.7 Å². The first-order chi connectivity index (χ1) is 9.74. The first kappa shape index (κ1) is 11.6. The number of nitrogens with two attached hydrogens (primary N) is 1. The molecule has 3 aliphatic carbocycles. The standard InChI is InChI=1S/C17H18ClNO/c18-11-3-1-2-10-7-12(20-17(10)11)16(19)15-13-8-4-5-9(6-8)14(13)15/h1-3,7-9,13-16H,4-6,19H2. The lowest BCUT2D eigenvalue weighted by Crippen LogP contribution is -2.16. The lowest BCUT2D eigenvalue weighted by atomic mass is 9.96. The molecule has 20 heavy (non-hydrogen) atoms. The van der Waals surface area contributed by atoms with Gasteiger partial charge in [0.2, 0.25) is 0 Å². The van der Waals surface area contributed by atoms with E-state index in [2.05, 4.69) is 6.07 Å². The minimum Gasteiger partial charge on any atom is -0.458 e. The summed E-state index contributed by atoms with van der Waals surface area (Å²) >= 11 is 6.19. The molecule has 5 rings (SSSR count). The van der Waals surface area contributed by atoms with E-state index in [9.17, 15) is 0 Å². The Morgan fingerprint density at radius 2 is 1.95 bits per heavy atom. The summed E-state index contributed by atoms with van der Waals surface area (Å²) in [4.78, 5) is 0. The predicted octanol–water partition coefficient (Wildman–Crippen LogP) is 4.38. The Labute approximate surface area is 123 Å². The maximum atomic E-state index is 6.52. The van der Waals surface area contributed by atoms with Crippen molar-refractivity contribution in [1.29, 1.82) is 0 Å². The number of rotatable bonds is 2. The van der Waals surface area contributed by atoms with Crippen LogP contribution in [0.4, 0.5) is 0 Å². The average Bonchev–Trinajstić information content (AvgIpc) is 2.84. The zero-order chi connectivity index (χ0) is 13.4. The molecule has 104 valence electrons. The Balaban J connectivity index is 1.49. The van der Waals surface area contributed by atoms with Crippen molar-refractivity contribution in [2.24, 2.45) is 35.3 Å². The summed E-state index contributed by atoms with van der Waals surface area (Å²) in [5.41, 5.74) is 7.31. The first-order valence-electron chi connectivity index (χ1n) is 7.67. The molecule has 2 nitrogen and oxygen atoms in total. The van der Waals surface area contributed by atoms with Gasteiger partial charge in [0.05, 0.1) is 11.1 Å². The fourth-order valence-corrected chi connectivity index (χ4v) is 5.49. The van der Waals surface area contributed by atoms with E-state index in [1.807, 2.05) is 18.2 Å². The van der Waals surface area contributed by atoms with Gasteiger partial charge in [0.15, 0.2) is 5.58 Å². The van der Waals surface area contributed by atoms with Gasteiger partial charge in [0.25, 0.3) is 0 Å². The van der Waals surface area contributed by atoms with E-state index >= 15 is 0 Å². The van der Waals surface area contributed by atoms with Crippen LogP contribution in [0.2, 0.25) is 5.02 Å². The molecule has 1 heterocycles. The molecule has 5 unspecified atom stereocenters. The van der Waals surface area contributed by atoms with E-state index in [1.165, 1.54) is 19.3 Å². The van der Waals surface area contributed by atoms with Crippen LogP contribution in [0.1, 0.15) is 31.1 Å². The number of halogens is 1. The van der Waals surface area contributed by atoms with Crippen LogP contribution in [0.25, 0.3) is 11.0 Å². The van der Waals surface area contributed by atoms with Crippen molar-refractivity contribution in [3.05, 3.63) is 35.0 Å². The Bertz CT molecular complexity index is 677. The summed E-state index contributed by atoms with van der Waals surface area (Å²) in [5.74, 6) is 5.25. The fraction of sp³-hybridized carbons (Fsp3) is 0.529. The zero-order valence-electron chi connectivity index (χ0n) is 11.3. The van der Waals surface area contributed by atoms with E-state index < -0.39 is 0 Å². The van der Waals surface area contributed by atoms with Crippen LogP contribution < -0.4 is 5.73 Å². The fourth-order valence-electron chi connectivity index (χ4n) is 5.27. The average molecular weight is 288 g/mol. The van der Waals surface area contributed by atoms with Crippen LogP contribution in [-0.4, -0.2) is 0 Å². The second-order valence-electron chi connectivity index (χ2n) is 6.90. The van der Waals surface area contributed by atoms with Gasteiger partial charge in [-0.15, -0.1) is 0 Å². The number of fused-ring (bicyclic) bond motifs is 6. The number of hydrogen-bond acceptors (Lipinski definition) is 2. The molecule has 3 fully saturated rings. The summed E-state index contributed by atoms with van der Waals surface area (Å²) in [6.07, 6.45) is 4.33. The molecule has 0 radical (unpaired) electrons. The largest absolute Gasteiger partial charge is 0.458 e. The normalized spacial score (nSPS) is 39.2. The highest BCUT2D eigenvalue weighted by atomic mass is 35.5. The molecule has 5 atom stereocenters. The summed E-state index contributed by atoms with van der Waals surface area (Å²) in [6, 6.07) is 8.01. The molecule has 0 aliphatic heterocycles. The van der Waals surface area contributed by atoms with Crippen molar-refractivity contribution < 1.29 is 4.42 Å². The minimum atomic E-state index is 0.0527. The maximum Gasteiger partial charge on any atom is 0.152 e. The predicted molar refractivity (Wildman–Crippen MR) is 79.5 cm³/mol. The third kappa shape index (κ3) is 1.39. The smallest absolute Gasteiger partial charge is 0.152 e. The Morgan fingerprint density at radius 3 is 2.65 bits per heavy atom. The molecule has 3 heteroatoms. The van der Waals surface area contributed by atoms with E-state index in [4.69, 9.17) is 21.8 Å². The van der Waals surface area contributed by atoms with Crippen LogP contribution in [0, 0.1) is 29.6 Å². The van der Waals surface area contributed by atoms with Gasteiger partial charge in [0.1, 0.15) is 5.76 Å². The SMILES string of the molecule is NC(c1cc2cccc(Cl)c2o1)C1C2C3CCC(C3)C21. The highest BCUT2D eigenvalue weighted by Crippen LogP contribution is 2.71. The van der Waals surface area contributed by atoms with E-state index in [1.54, 1.807) is 0 Å². The molecule has 2 N–H and O–H groups in total. The van der Waals surface area contributed by atoms with E-state index in [0.29, 0.717) is 10.9 Å². The molecule has 3 aliphatic rings. The highest BCUT2D eigenvalue weighted by Gasteiger charge is 2.66. The quantitative estimate of drug-likeness (QED) is 0.890. The van der Waals surface area contributed by atoms with Crippen molar-refractivity contribution in [3.63, 3.8) is 0 Å². The molecule has 0 saturated heterocycles. The topological polar surface area (TPSA) is 39.2 Å². The molecular formula is C17H18ClNO.